The fourth-order valence-electron chi connectivity index (χ4n) is 1.98. The average molecular weight is 328 g/mol. The van der Waals surface area contributed by atoms with E-state index in [0.717, 1.165) is 0 Å². The summed E-state index contributed by atoms with van der Waals surface area (Å²) in [6.07, 6.45) is 0. The number of furan rings is 1. The first kappa shape index (κ1) is 17.5. The maximum atomic E-state index is 12.2. The van der Waals surface area contributed by atoms with Gasteiger partial charge in [-0.2, -0.15) is 0 Å². The Morgan fingerprint density at radius 3 is 1.83 bits per heavy atom. The van der Waals surface area contributed by atoms with Crippen LogP contribution < -0.4 is 10.6 Å². The molecule has 0 saturated carbocycles. The van der Waals surface area contributed by atoms with Crippen LogP contribution >= 0.6 is 0 Å². The van der Waals surface area contributed by atoms with Crippen molar-refractivity contribution in [1.82, 2.24) is 0 Å². The lowest BCUT2D eigenvalue weighted by Crippen LogP contribution is -2.19. The van der Waals surface area contributed by atoms with E-state index in [-0.39, 0.29) is 23.2 Å². The number of anilines is 2. The third-order valence-electron chi connectivity index (χ3n) is 3.20. The van der Waals surface area contributed by atoms with E-state index in [0.29, 0.717) is 11.4 Å². The van der Waals surface area contributed by atoms with Gasteiger partial charge in [0.05, 0.1) is 0 Å². The van der Waals surface area contributed by atoms with Gasteiger partial charge in [0.1, 0.15) is 0 Å². The minimum Gasteiger partial charge on any atom is -0.448 e. The highest BCUT2D eigenvalue weighted by atomic mass is 16.4. The van der Waals surface area contributed by atoms with E-state index < -0.39 is 11.3 Å². The van der Waals surface area contributed by atoms with Crippen molar-refractivity contribution in [3.63, 3.8) is 0 Å². The van der Waals surface area contributed by atoms with Crippen molar-refractivity contribution in [2.45, 2.75) is 27.7 Å². The van der Waals surface area contributed by atoms with Gasteiger partial charge < -0.3 is 15.1 Å². The molecule has 0 aliphatic heterocycles. The molecule has 1 heterocycles. The quantitative estimate of drug-likeness (QED) is 0.837. The van der Waals surface area contributed by atoms with Gasteiger partial charge in [-0.25, -0.2) is 0 Å². The fraction of sp³-hybridized carbons (Fsp3) is 0.278. The summed E-state index contributed by atoms with van der Waals surface area (Å²) in [6, 6.07) is 9.64. The van der Waals surface area contributed by atoms with Gasteiger partial charge in [-0.15, -0.1) is 0 Å². The van der Waals surface area contributed by atoms with Crippen molar-refractivity contribution in [2.24, 2.45) is 5.41 Å². The van der Waals surface area contributed by atoms with Crippen LogP contribution in [0.25, 0.3) is 0 Å². The summed E-state index contributed by atoms with van der Waals surface area (Å²) in [7, 11) is 0. The third kappa shape index (κ3) is 4.32. The Hall–Kier alpha value is -2.89. The zero-order valence-corrected chi connectivity index (χ0v) is 14.1. The number of carbonyl (C=O) groups excluding carboxylic acids is 3. The van der Waals surface area contributed by atoms with E-state index in [4.69, 9.17) is 4.42 Å². The van der Waals surface area contributed by atoms with E-state index in [1.807, 2.05) is 0 Å². The van der Waals surface area contributed by atoms with Crippen molar-refractivity contribution in [2.75, 3.05) is 10.6 Å². The smallest absolute Gasteiger partial charge is 0.291 e. The molecule has 0 bridgehead atoms. The number of hydrogen-bond acceptors (Lipinski definition) is 4. The van der Waals surface area contributed by atoms with Gasteiger partial charge in [0, 0.05) is 23.7 Å². The molecular weight excluding hydrogens is 308 g/mol. The monoisotopic (exact) mass is 328 g/mol. The summed E-state index contributed by atoms with van der Waals surface area (Å²) in [6.45, 7) is 6.78. The summed E-state index contributed by atoms with van der Waals surface area (Å²) in [5, 5.41) is 5.31. The van der Waals surface area contributed by atoms with Crippen LogP contribution in [0.1, 0.15) is 48.8 Å². The van der Waals surface area contributed by atoms with Gasteiger partial charge in [-0.3, -0.25) is 14.4 Å². The van der Waals surface area contributed by atoms with Gasteiger partial charge in [-0.05, 0) is 36.4 Å². The molecule has 0 aliphatic rings. The minimum absolute atomic E-state index is 0.0635. The van der Waals surface area contributed by atoms with Crippen LogP contribution in [0, 0.1) is 5.41 Å². The lowest BCUT2D eigenvalue weighted by Gasteiger charge is -2.13. The van der Waals surface area contributed by atoms with Crippen LogP contribution in [-0.2, 0) is 4.79 Å². The second kappa shape index (κ2) is 6.70. The lowest BCUT2D eigenvalue weighted by molar-refractivity contribution is -0.114. The van der Waals surface area contributed by atoms with Gasteiger partial charge in [0.25, 0.3) is 5.91 Å². The number of rotatable bonds is 4. The Bertz CT molecular complexity index is 767. The van der Waals surface area contributed by atoms with Crippen LogP contribution in [0.4, 0.5) is 11.4 Å². The van der Waals surface area contributed by atoms with E-state index in [1.165, 1.54) is 19.1 Å². The molecule has 24 heavy (non-hydrogen) atoms. The zero-order chi connectivity index (χ0) is 17.9. The van der Waals surface area contributed by atoms with Crippen molar-refractivity contribution in [3.05, 3.63) is 47.9 Å². The minimum atomic E-state index is -0.578. The first-order chi connectivity index (χ1) is 11.2. The molecule has 2 amide bonds. The molecule has 0 fully saturated rings. The average Bonchev–Trinajstić information content (AvgIpc) is 2.96. The molecule has 1 aromatic carbocycles. The highest BCUT2D eigenvalue weighted by molar-refractivity contribution is 6.04. The molecule has 126 valence electrons. The fourth-order valence-corrected chi connectivity index (χ4v) is 1.98. The third-order valence-corrected chi connectivity index (χ3v) is 3.20. The maximum Gasteiger partial charge on any atom is 0.291 e. The van der Waals surface area contributed by atoms with Gasteiger partial charge in [-0.1, -0.05) is 20.8 Å². The lowest BCUT2D eigenvalue weighted by atomic mass is 9.89. The Kier molecular flexibility index (Phi) is 4.87. The normalized spacial score (nSPS) is 11.0. The van der Waals surface area contributed by atoms with Crippen molar-refractivity contribution >= 4 is 29.0 Å². The maximum absolute atomic E-state index is 12.2. The summed E-state index contributed by atoms with van der Waals surface area (Å²) >= 11 is 0. The summed E-state index contributed by atoms with van der Waals surface area (Å²) in [4.78, 5) is 35.3. The zero-order valence-electron chi connectivity index (χ0n) is 14.1. The molecule has 6 nitrogen and oxygen atoms in total. The topological polar surface area (TPSA) is 88.4 Å². The molecule has 2 N–H and O–H groups in total. The Labute approximate surface area is 140 Å². The molecule has 6 heteroatoms. The number of hydrogen-bond donors (Lipinski definition) is 2. The number of Topliss-reactive ketones (excluding diaryl/α,β-unsaturated/α-hetero) is 1. The Morgan fingerprint density at radius 2 is 1.33 bits per heavy atom. The molecule has 0 unspecified atom stereocenters. The highest BCUT2D eigenvalue weighted by Crippen LogP contribution is 2.23. The summed E-state index contributed by atoms with van der Waals surface area (Å²) < 4.78 is 5.36. The molecule has 0 radical (unpaired) electrons. The molecule has 0 saturated heterocycles. The Morgan fingerprint density at radius 1 is 0.833 bits per heavy atom. The van der Waals surface area contributed by atoms with E-state index >= 15 is 0 Å². The molecule has 0 atom stereocenters. The summed E-state index contributed by atoms with van der Waals surface area (Å²) in [5.41, 5.74) is 0.608. The van der Waals surface area contributed by atoms with Crippen LogP contribution in [0.5, 0.6) is 0 Å². The van der Waals surface area contributed by atoms with E-state index in [1.54, 1.807) is 45.0 Å². The van der Waals surface area contributed by atoms with Gasteiger partial charge in [0.2, 0.25) is 11.7 Å². The van der Waals surface area contributed by atoms with Crippen molar-refractivity contribution in [3.8, 4) is 0 Å². The van der Waals surface area contributed by atoms with Crippen LogP contribution in [0.3, 0.4) is 0 Å². The Balaban J connectivity index is 2.06. The second-order valence-corrected chi connectivity index (χ2v) is 6.46. The van der Waals surface area contributed by atoms with E-state index in [9.17, 15) is 14.4 Å². The van der Waals surface area contributed by atoms with E-state index in [2.05, 4.69) is 10.6 Å². The molecule has 2 rings (SSSR count). The number of nitrogens with one attached hydrogen (secondary N) is 2. The van der Waals surface area contributed by atoms with Crippen LogP contribution in [0.15, 0.2) is 40.8 Å². The first-order valence-electron chi connectivity index (χ1n) is 7.50. The number of ketones is 1. The summed E-state index contributed by atoms with van der Waals surface area (Å²) in [5.74, 6) is -0.558. The van der Waals surface area contributed by atoms with Crippen molar-refractivity contribution < 1.29 is 18.8 Å². The molecule has 2 aromatic rings. The largest absolute Gasteiger partial charge is 0.448 e. The number of carbonyl (C=O) groups is 3. The van der Waals surface area contributed by atoms with Gasteiger partial charge >= 0.3 is 0 Å². The molecule has 1 aromatic heterocycles. The molecule has 0 aliphatic carbocycles. The van der Waals surface area contributed by atoms with Crippen LogP contribution in [0.2, 0.25) is 0 Å². The second-order valence-electron chi connectivity index (χ2n) is 6.46. The number of amides is 2. The molecule has 0 spiro atoms. The predicted octanol–water partition coefficient (Wildman–Crippen LogP) is 3.72. The molecular formula is C18H20N2O4. The van der Waals surface area contributed by atoms with Crippen molar-refractivity contribution in [1.29, 1.82) is 0 Å². The number of benzene rings is 1. The SMILES string of the molecule is CC(=O)Nc1ccc(NC(=O)c2ccc(C(=O)C(C)(C)C)o2)cc1. The first-order valence-corrected chi connectivity index (χ1v) is 7.50. The van der Waals surface area contributed by atoms with Gasteiger partial charge in [0.15, 0.2) is 11.5 Å². The predicted molar refractivity (Wildman–Crippen MR) is 91.2 cm³/mol. The highest BCUT2D eigenvalue weighted by Gasteiger charge is 2.26. The standard InChI is InChI=1S/C18H20N2O4/c1-11(21)19-12-5-7-13(8-6-12)20-17(23)15-10-9-14(24-15)16(22)18(2,3)4/h5-10H,1-4H3,(H,19,21)(H,20,23). The van der Waals surface area contributed by atoms with Crippen LogP contribution in [-0.4, -0.2) is 17.6 Å².